The number of nitrogens with zero attached hydrogens (tertiary/aromatic N) is 1. The number of aliphatic imine (C=N–C) groups is 1. The van der Waals surface area contributed by atoms with Gasteiger partial charge in [-0.05, 0) is 20.3 Å². The van der Waals surface area contributed by atoms with Crippen molar-refractivity contribution >= 4 is 11.9 Å². The summed E-state index contributed by atoms with van der Waals surface area (Å²) >= 11 is 0. The summed E-state index contributed by atoms with van der Waals surface area (Å²) in [6, 6.07) is 0.146. The molecular weight excluding hydrogens is 308 g/mol. The van der Waals surface area contributed by atoms with Crippen LogP contribution in [0.3, 0.4) is 0 Å². The standard InChI is InChI=1S/C17H34N4O3/c1-6-18-16(20-9-8-19-15(22)17(3,4)5)21-13(2)11-24-14-7-10-23-12-14/h13-14H,6-12H2,1-5H3,(H,19,22)(H2,18,20,21). The molecule has 1 aliphatic heterocycles. The van der Waals surface area contributed by atoms with Crippen molar-refractivity contribution in [2.45, 2.75) is 53.2 Å². The molecule has 0 saturated carbocycles. The van der Waals surface area contributed by atoms with Gasteiger partial charge in [0.25, 0.3) is 0 Å². The fourth-order valence-electron chi connectivity index (χ4n) is 2.12. The Kier molecular flexibility index (Phi) is 9.07. The molecule has 3 N–H and O–H groups in total. The highest BCUT2D eigenvalue weighted by molar-refractivity contribution is 5.81. The first kappa shape index (κ1) is 20.7. The quantitative estimate of drug-likeness (QED) is 0.347. The molecule has 1 rings (SSSR count). The first-order valence-corrected chi connectivity index (χ1v) is 8.85. The predicted octanol–water partition coefficient (Wildman–Crippen LogP) is 0.898. The molecule has 1 aliphatic rings. The Hall–Kier alpha value is -1.34. The summed E-state index contributed by atoms with van der Waals surface area (Å²) in [5.74, 6) is 0.775. The van der Waals surface area contributed by atoms with Crippen LogP contribution in [0.5, 0.6) is 0 Å². The van der Waals surface area contributed by atoms with E-state index in [1.165, 1.54) is 0 Å². The second-order valence-electron chi connectivity index (χ2n) is 7.13. The van der Waals surface area contributed by atoms with Gasteiger partial charge in [0.05, 0.1) is 25.9 Å². The number of guanidine groups is 1. The van der Waals surface area contributed by atoms with Gasteiger partial charge in [0.1, 0.15) is 0 Å². The molecule has 24 heavy (non-hydrogen) atoms. The van der Waals surface area contributed by atoms with E-state index in [-0.39, 0.29) is 23.5 Å². The SMILES string of the molecule is CCNC(=NCCNC(=O)C(C)(C)C)NC(C)COC1CCOC1. The van der Waals surface area contributed by atoms with E-state index in [1.807, 2.05) is 27.7 Å². The van der Waals surface area contributed by atoms with Crippen LogP contribution in [-0.4, -0.2) is 63.5 Å². The van der Waals surface area contributed by atoms with Crippen LogP contribution in [0.15, 0.2) is 4.99 Å². The van der Waals surface area contributed by atoms with E-state index in [0.717, 1.165) is 25.5 Å². The molecule has 1 amide bonds. The Bertz CT molecular complexity index is 401. The van der Waals surface area contributed by atoms with E-state index < -0.39 is 0 Å². The van der Waals surface area contributed by atoms with Crippen molar-refractivity contribution in [3.8, 4) is 0 Å². The molecular formula is C17H34N4O3. The van der Waals surface area contributed by atoms with Crippen molar-refractivity contribution in [3.05, 3.63) is 0 Å². The third-order valence-electron chi connectivity index (χ3n) is 3.55. The second-order valence-corrected chi connectivity index (χ2v) is 7.13. The van der Waals surface area contributed by atoms with Gasteiger partial charge < -0.3 is 25.4 Å². The Morgan fingerprint density at radius 1 is 1.38 bits per heavy atom. The maximum atomic E-state index is 11.8. The summed E-state index contributed by atoms with van der Waals surface area (Å²) in [5, 5.41) is 9.42. The average molecular weight is 342 g/mol. The van der Waals surface area contributed by atoms with Gasteiger partial charge in [-0.25, -0.2) is 0 Å². The fourth-order valence-corrected chi connectivity index (χ4v) is 2.12. The minimum absolute atomic E-state index is 0.0382. The molecule has 1 heterocycles. The summed E-state index contributed by atoms with van der Waals surface area (Å²) in [5.41, 5.74) is -0.373. The van der Waals surface area contributed by atoms with Crippen LogP contribution in [0.4, 0.5) is 0 Å². The predicted molar refractivity (Wildman–Crippen MR) is 96.2 cm³/mol. The molecule has 2 atom stereocenters. The van der Waals surface area contributed by atoms with Crippen LogP contribution < -0.4 is 16.0 Å². The lowest BCUT2D eigenvalue weighted by Crippen LogP contribution is -2.45. The van der Waals surface area contributed by atoms with E-state index in [1.54, 1.807) is 0 Å². The Morgan fingerprint density at radius 3 is 2.71 bits per heavy atom. The first-order chi connectivity index (χ1) is 11.3. The van der Waals surface area contributed by atoms with Gasteiger partial charge >= 0.3 is 0 Å². The van der Waals surface area contributed by atoms with Crippen LogP contribution in [-0.2, 0) is 14.3 Å². The van der Waals surface area contributed by atoms with Gasteiger partial charge in [-0.15, -0.1) is 0 Å². The summed E-state index contributed by atoms with van der Waals surface area (Å²) in [7, 11) is 0. The summed E-state index contributed by atoms with van der Waals surface area (Å²) in [6.07, 6.45) is 1.18. The molecule has 0 aromatic rings. The molecule has 0 aromatic carbocycles. The smallest absolute Gasteiger partial charge is 0.225 e. The third-order valence-corrected chi connectivity index (χ3v) is 3.55. The molecule has 0 spiro atoms. The normalized spacial score (nSPS) is 19.9. The Labute approximate surface area is 146 Å². The van der Waals surface area contributed by atoms with Gasteiger partial charge in [0, 0.05) is 31.2 Å². The van der Waals surface area contributed by atoms with Crippen molar-refractivity contribution in [1.29, 1.82) is 0 Å². The zero-order valence-corrected chi connectivity index (χ0v) is 15.8. The highest BCUT2D eigenvalue weighted by atomic mass is 16.5. The van der Waals surface area contributed by atoms with E-state index in [9.17, 15) is 4.79 Å². The second kappa shape index (κ2) is 10.5. The molecule has 0 radical (unpaired) electrons. The lowest BCUT2D eigenvalue weighted by Gasteiger charge is -2.20. The number of amides is 1. The molecule has 2 unspecified atom stereocenters. The van der Waals surface area contributed by atoms with Crippen LogP contribution >= 0.6 is 0 Å². The Morgan fingerprint density at radius 2 is 2.12 bits per heavy atom. The van der Waals surface area contributed by atoms with E-state index in [2.05, 4.69) is 27.9 Å². The molecule has 7 heteroatoms. The number of hydrogen-bond acceptors (Lipinski definition) is 4. The van der Waals surface area contributed by atoms with Gasteiger partial charge in [-0.3, -0.25) is 9.79 Å². The monoisotopic (exact) mass is 342 g/mol. The molecule has 1 saturated heterocycles. The van der Waals surface area contributed by atoms with Crippen LogP contribution in [0.2, 0.25) is 0 Å². The van der Waals surface area contributed by atoms with Gasteiger partial charge in [0.2, 0.25) is 5.91 Å². The van der Waals surface area contributed by atoms with Gasteiger partial charge in [-0.2, -0.15) is 0 Å². The van der Waals surface area contributed by atoms with Gasteiger partial charge in [-0.1, -0.05) is 20.8 Å². The molecule has 1 fully saturated rings. The number of carbonyl (C=O) groups is 1. The van der Waals surface area contributed by atoms with E-state index >= 15 is 0 Å². The van der Waals surface area contributed by atoms with Crippen LogP contribution in [0, 0.1) is 5.41 Å². The van der Waals surface area contributed by atoms with Crippen molar-refractivity contribution in [3.63, 3.8) is 0 Å². The number of hydrogen-bond donors (Lipinski definition) is 3. The maximum absolute atomic E-state index is 11.8. The summed E-state index contributed by atoms with van der Waals surface area (Å²) in [4.78, 5) is 16.3. The maximum Gasteiger partial charge on any atom is 0.225 e. The van der Waals surface area contributed by atoms with E-state index in [4.69, 9.17) is 9.47 Å². The third kappa shape index (κ3) is 8.49. The molecule has 7 nitrogen and oxygen atoms in total. The minimum Gasteiger partial charge on any atom is -0.379 e. The highest BCUT2D eigenvalue weighted by Crippen LogP contribution is 2.11. The fraction of sp³-hybridized carbons (Fsp3) is 0.882. The lowest BCUT2D eigenvalue weighted by molar-refractivity contribution is -0.128. The first-order valence-electron chi connectivity index (χ1n) is 8.85. The zero-order chi connectivity index (χ0) is 18.0. The van der Waals surface area contributed by atoms with Crippen LogP contribution in [0.1, 0.15) is 41.0 Å². The lowest BCUT2D eigenvalue weighted by atomic mass is 9.96. The topological polar surface area (TPSA) is 84.0 Å². The van der Waals surface area contributed by atoms with Crippen LogP contribution in [0.25, 0.3) is 0 Å². The number of carbonyl (C=O) groups excluding carboxylic acids is 1. The minimum atomic E-state index is -0.373. The molecule has 140 valence electrons. The largest absolute Gasteiger partial charge is 0.379 e. The van der Waals surface area contributed by atoms with E-state index in [0.29, 0.717) is 26.3 Å². The van der Waals surface area contributed by atoms with Crippen molar-refractivity contribution in [2.75, 3.05) is 39.5 Å². The van der Waals surface area contributed by atoms with Crippen molar-refractivity contribution in [2.24, 2.45) is 10.4 Å². The molecule has 0 bridgehead atoms. The molecule has 0 aliphatic carbocycles. The van der Waals surface area contributed by atoms with Gasteiger partial charge in [0.15, 0.2) is 5.96 Å². The summed E-state index contributed by atoms with van der Waals surface area (Å²) in [6.45, 7) is 13.7. The summed E-state index contributed by atoms with van der Waals surface area (Å²) < 4.78 is 11.1. The Balaban J connectivity index is 2.31. The highest BCUT2D eigenvalue weighted by Gasteiger charge is 2.20. The number of ether oxygens (including phenoxy) is 2. The number of rotatable bonds is 8. The number of nitrogens with one attached hydrogen (secondary N) is 3. The zero-order valence-electron chi connectivity index (χ0n) is 15.8. The van der Waals surface area contributed by atoms with Crippen molar-refractivity contribution in [1.82, 2.24) is 16.0 Å². The van der Waals surface area contributed by atoms with Crippen molar-refractivity contribution < 1.29 is 14.3 Å². The molecule has 0 aromatic heterocycles. The average Bonchev–Trinajstić information content (AvgIpc) is 3.01.